The van der Waals surface area contributed by atoms with E-state index in [1.165, 1.54) is 6.42 Å². The Morgan fingerprint density at radius 3 is 2.50 bits per heavy atom. The third kappa shape index (κ3) is 0.982. The van der Waals surface area contributed by atoms with Crippen LogP contribution in [0.4, 0.5) is 0 Å². The van der Waals surface area contributed by atoms with Gasteiger partial charge in [0.25, 0.3) is 0 Å². The highest BCUT2D eigenvalue weighted by atomic mass is 16.5. The summed E-state index contributed by atoms with van der Waals surface area (Å²) in [7, 11) is 1.77. The van der Waals surface area contributed by atoms with Gasteiger partial charge in [0.2, 0.25) is 0 Å². The van der Waals surface area contributed by atoms with Gasteiger partial charge in [-0.05, 0) is 6.42 Å². The molecule has 4 nitrogen and oxygen atoms in total. The predicted molar refractivity (Wildman–Crippen MR) is 45.9 cm³/mol. The van der Waals surface area contributed by atoms with Crippen LogP contribution in [0.2, 0.25) is 0 Å². The quantitative estimate of drug-likeness (QED) is 0.424. The maximum absolute atomic E-state index is 7.29. The highest BCUT2D eigenvalue weighted by molar-refractivity contribution is 5.74. The Kier molecular flexibility index (Phi) is 1.72. The van der Waals surface area contributed by atoms with Crippen molar-refractivity contribution in [3.8, 4) is 0 Å². The number of nitrogens with zero attached hydrogens (tertiary/aromatic N) is 1. The zero-order valence-electron chi connectivity index (χ0n) is 7.29. The van der Waals surface area contributed by atoms with E-state index in [4.69, 9.17) is 15.9 Å². The van der Waals surface area contributed by atoms with Crippen molar-refractivity contribution in [3.05, 3.63) is 0 Å². The van der Waals surface area contributed by atoms with E-state index in [0.717, 1.165) is 13.1 Å². The molecule has 0 aromatic rings. The molecular weight excluding hydrogens is 154 g/mol. The monoisotopic (exact) mass is 169 g/mol. The van der Waals surface area contributed by atoms with Gasteiger partial charge < -0.3 is 15.4 Å². The summed E-state index contributed by atoms with van der Waals surface area (Å²) < 4.78 is 5.34. The minimum absolute atomic E-state index is 0.208. The molecule has 2 unspecified atom stereocenters. The number of nitrogens with one attached hydrogen (secondary N) is 1. The number of nitrogens with two attached hydrogens (primary N) is 1. The first kappa shape index (κ1) is 7.86. The summed E-state index contributed by atoms with van der Waals surface area (Å²) in [5.74, 6) is 1.43. The molecule has 3 fully saturated rings. The molecule has 0 spiro atoms. The SMILES string of the molecule is COC1C2CC1CN(C(=N)N)C2. The van der Waals surface area contributed by atoms with Gasteiger partial charge in [0, 0.05) is 32.0 Å². The molecular formula is C8H15N3O. The molecule has 2 aliphatic heterocycles. The van der Waals surface area contributed by atoms with E-state index in [2.05, 4.69) is 0 Å². The summed E-state index contributed by atoms with van der Waals surface area (Å²) in [5, 5.41) is 7.29. The summed E-state index contributed by atoms with van der Waals surface area (Å²) in [6.45, 7) is 1.81. The molecule has 3 N–H and O–H groups in total. The van der Waals surface area contributed by atoms with Crippen molar-refractivity contribution >= 4 is 5.96 Å². The molecule has 3 aliphatic rings. The molecule has 1 saturated carbocycles. The Bertz CT molecular complexity index is 194. The van der Waals surface area contributed by atoms with Gasteiger partial charge in [0.05, 0.1) is 6.10 Å². The molecule has 4 heteroatoms. The number of fused-ring (bicyclic) bond motifs is 2. The molecule has 3 rings (SSSR count). The highest BCUT2D eigenvalue weighted by Gasteiger charge is 2.47. The van der Waals surface area contributed by atoms with E-state index >= 15 is 0 Å². The summed E-state index contributed by atoms with van der Waals surface area (Å²) in [5.41, 5.74) is 5.41. The summed E-state index contributed by atoms with van der Waals surface area (Å²) >= 11 is 0. The van der Waals surface area contributed by atoms with Gasteiger partial charge in [-0.1, -0.05) is 0 Å². The molecule has 0 aromatic carbocycles. The minimum Gasteiger partial charge on any atom is -0.381 e. The van der Waals surface area contributed by atoms with Crippen LogP contribution in [-0.4, -0.2) is 37.2 Å². The van der Waals surface area contributed by atoms with Gasteiger partial charge >= 0.3 is 0 Å². The van der Waals surface area contributed by atoms with Crippen LogP contribution in [0.5, 0.6) is 0 Å². The largest absolute Gasteiger partial charge is 0.381 e. The average molecular weight is 169 g/mol. The van der Waals surface area contributed by atoms with Gasteiger partial charge in [-0.25, -0.2) is 0 Å². The Labute approximate surface area is 72.2 Å². The fourth-order valence-corrected chi connectivity index (χ4v) is 2.43. The molecule has 2 saturated heterocycles. The molecule has 2 heterocycles. The van der Waals surface area contributed by atoms with Crippen molar-refractivity contribution in [2.45, 2.75) is 12.5 Å². The number of guanidine groups is 1. The smallest absolute Gasteiger partial charge is 0.188 e. The second-order valence-electron chi connectivity index (χ2n) is 3.75. The number of hydrogen-bond acceptors (Lipinski definition) is 2. The van der Waals surface area contributed by atoms with Gasteiger partial charge in [-0.2, -0.15) is 0 Å². The van der Waals surface area contributed by atoms with Crippen molar-refractivity contribution in [1.29, 1.82) is 5.41 Å². The zero-order valence-corrected chi connectivity index (χ0v) is 7.29. The average Bonchev–Trinajstić information content (AvgIpc) is 2.05. The highest BCUT2D eigenvalue weighted by Crippen LogP contribution is 2.41. The third-order valence-corrected chi connectivity index (χ3v) is 3.06. The lowest BCUT2D eigenvalue weighted by atomic mass is 9.68. The van der Waals surface area contributed by atoms with E-state index < -0.39 is 0 Å². The summed E-state index contributed by atoms with van der Waals surface area (Å²) in [6.07, 6.45) is 1.68. The molecule has 12 heavy (non-hydrogen) atoms. The molecule has 2 atom stereocenters. The van der Waals surface area contributed by atoms with E-state index in [0.29, 0.717) is 17.9 Å². The van der Waals surface area contributed by atoms with Crippen LogP contribution < -0.4 is 5.73 Å². The van der Waals surface area contributed by atoms with Gasteiger partial charge in [0.1, 0.15) is 0 Å². The van der Waals surface area contributed by atoms with E-state index in [1.807, 2.05) is 4.90 Å². The van der Waals surface area contributed by atoms with Crippen LogP contribution in [0.25, 0.3) is 0 Å². The zero-order chi connectivity index (χ0) is 8.72. The lowest BCUT2D eigenvalue weighted by Crippen LogP contribution is -2.61. The van der Waals surface area contributed by atoms with E-state index in [-0.39, 0.29) is 5.96 Å². The van der Waals surface area contributed by atoms with Crippen LogP contribution in [0.1, 0.15) is 6.42 Å². The van der Waals surface area contributed by atoms with Crippen molar-refractivity contribution in [2.24, 2.45) is 17.6 Å². The fourth-order valence-electron chi connectivity index (χ4n) is 2.43. The molecule has 1 aliphatic carbocycles. The summed E-state index contributed by atoms with van der Waals surface area (Å²) in [6, 6.07) is 0. The van der Waals surface area contributed by atoms with Gasteiger partial charge in [-0.15, -0.1) is 0 Å². The molecule has 0 radical (unpaired) electrons. The number of methoxy groups -OCH3 is 1. The standard InChI is InChI=1S/C8H15N3O/c1-12-7-5-2-6(7)4-11(3-5)8(9)10/h5-7H,2-4H2,1H3,(H3,9,10). The van der Waals surface area contributed by atoms with Crippen molar-refractivity contribution in [3.63, 3.8) is 0 Å². The van der Waals surface area contributed by atoms with Gasteiger partial charge in [-0.3, -0.25) is 5.41 Å². The molecule has 0 aromatic heterocycles. The lowest BCUT2D eigenvalue weighted by molar-refractivity contribution is -0.113. The van der Waals surface area contributed by atoms with Gasteiger partial charge in [0.15, 0.2) is 5.96 Å². The van der Waals surface area contributed by atoms with Crippen molar-refractivity contribution in [2.75, 3.05) is 20.2 Å². The van der Waals surface area contributed by atoms with E-state index in [9.17, 15) is 0 Å². The second kappa shape index (κ2) is 2.62. The molecule has 68 valence electrons. The van der Waals surface area contributed by atoms with Crippen LogP contribution >= 0.6 is 0 Å². The Morgan fingerprint density at radius 1 is 1.50 bits per heavy atom. The van der Waals surface area contributed by atoms with Crippen LogP contribution in [0, 0.1) is 17.2 Å². The van der Waals surface area contributed by atoms with Crippen LogP contribution in [0.3, 0.4) is 0 Å². The molecule has 2 bridgehead atoms. The Morgan fingerprint density at radius 2 is 2.08 bits per heavy atom. The number of hydrogen-bond donors (Lipinski definition) is 2. The van der Waals surface area contributed by atoms with E-state index in [1.54, 1.807) is 7.11 Å². The Hall–Kier alpha value is -0.770. The second-order valence-corrected chi connectivity index (χ2v) is 3.75. The first-order chi connectivity index (χ1) is 5.72. The first-order valence-electron chi connectivity index (χ1n) is 4.34. The lowest BCUT2D eigenvalue weighted by Gasteiger charge is -2.52. The van der Waals surface area contributed by atoms with Crippen molar-refractivity contribution in [1.82, 2.24) is 4.90 Å². The first-order valence-corrected chi connectivity index (χ1v) is 4.34. The number of piperidine rings is 2. The number of rotatable bonds is 1. The summed E-state index contributed by atoms with van der Waals surface area (Å²) in [4.78, 5) is 1.94. The fraction of sp³-hybridized carbons (Fsp3) is 0.875. The van der Waals surface area contributed by atoms with Crippen LogP contribution in [-0.2, 0) is 4.74 Å². The molecule has 0 amide bonds. The predicted octanol–water partition coefficient (Wildman–Crippen LogP) is -0.153. The topological polar surface area (TPSA) is 62.3 Å². The number of ether oxygens (including phenoxy) is 1. The normalized spacial score (nSPS) is 39.1. The van der Waals surface area contributed by atoms with Crippen LogP contribution in [0.15, 0.2) is 0 Å². The maximum atomic E-state index is 7.29. The maximum Gasteiger partial charge on any atom is 0.188 e. The third-order valence-electron chi connectivity index (χ3n) is 3.06. The van der Waals surface area contributed by atoms with Crippen molar-refractivity contribution < 1.29 is 4.74 Å². The Balaban J connectivity index is 1.96. The minimum atomic E-state index is 0.208.